The Morgan fingerprint density at radius 2 is 1.68 bits per heavy atom. The fourth-order valence-electron chi connectivity index (χ4n) is 2.84. The molecule has 10 nitrogen and oxygen atoms in total. The third kappa shape index (κ3) is 6.91. The Morgan fingerprint density at radius 3 is 2.32 bits per heavy atom. The van der Waals surface area contributed by atoms with Crippen LogP contribution in [-0.2, 0) is 25.6 Å². The molecule has 0 spiro atoms. The highest BCUT2D eigenvalue weighted by atomic mass is 32.1. The van der Waals surface area contributed by atoms with Gasteiger partial charge in [-0.3, -0.25) is 19.2 Å². The second-order valence-electron chi connectivity index (χ2n) is 6.77. The van der Waals surface area contributed by atoms with Gasteiger partial charge in [-0.25, -0.2) is 0 Å². The van der Waals surface area contributed by atoms with Gasteiger partial charge in [0.15, 0.2) is 0 Å². The lowest BCUT2D eigenvalue weighted by atomic mass is 10.0. The minimum atomic E-state index is -1.22. The second kappa shape index (κ2) is 11.6. The van der Waals surface area contributed by atoms with Gasteiger partial charge in [-0.15, -0.1) is 0 Å². The van der Waals surface area contributed by atoms with Crippen LogP contribution in [0, 0.1) is 0 Å². The van der Waals surface area contributed by atoms with E-state index in [1.54, 1.807) is 6.20 Å². The molecule has 3 amide bonds. The third-order valence-corrected chi connectivity index (χ3v) is 5.25. The van der Waals surface area contributed by atoms with E-state index in [4.69, 9.17) is 10.8 Å². The molecule has 2 aromatic rings. The Morgan fingerprint density at radius 1 is 1.00 bits per heavy atom. The zero-order valence-electron chi connectivity index (χ0n) is 16.5. The van der Waals surface area contributed by atoms with E-state index in [2.05, 4.69) is 46.2 Å². The number of carbonyl (C=O) groups is 4. The van der Waals surface area contributed by atoms with Crippen LogP contribution < -0.4 is 21.7 Å². The van der Waals surface area contributed by atoms with E-state index < -0.39 is 48.4 Å². The van der Waals surface area contributed by atoms with Crippen LogP contribution in [0.3, 0.4) is 0 Å². The van der Waals surface area contributed by atoms with Crippen molar-refractivity contribution in [2.45, 2.75) is 24.5 Å². The minimum Gasteiger partial charge on any atom is -0.480 e. The van der Waals surface area contributed by atoms with E-state index in [1.807, 2.05) is 24.3 Å². The lowest BCUT2D eigenvalue weighted by Gasteiger charge is -2.23. The van der Waals surface area contributed by atoms with Gasteiger partial charge in [-0.1, -0.05) is 18.2 Å². The number of hydrogen-bond donors (Lipinski definition) is 8. The molecule has 3 unspecified atom stereocenters. The molecule has 0 bridgehead atoms. The molecule has 12 heteroatoms. The van der Waals surface area contributed by atoms with Crippen molar-refractivity contribution in [3.63, 3.8) is 0 Å². The highest BCUT2D eigenvalue weighted by molar-refractivity contribution is 7.80. The molecule has 0 saturated carbocycles. The number of aromatic amines is 1. The quantitative estimate of drug-likeness (QED) is 0.199. The summed E-state index contributed by atoms with van der Waals surface area (Å²) in [6.07, 6.45) is 1.88. The molecule has 31 heavy (non-hydrogen) atoms. The molecule has 0 saturated heterocycles. The number of nitrogens with two attached hydrogens (primary N) is 1. The number of benzene rings is 1. The lowest BCUT2D eigenvalue weighted by molar-refractivity contribution is -0.138. The zero-order valence-corrected chi connectivity index (χ0v) is 18.3. The number of rotatable bonds is 11. The number of carbonyl (C=O) groups excluding carboxylic acids is 3. The third-order valence-electron chi connectivity index (χ3n) is 4.49. The van der Waals surface area contributed by atoms with Crippen LogP contribution >= 0.6 is 25.3 Å². The number of para-hydroxylation sites is 1. The first-order valence-electron chi connectivity index (χ1n) is 9.39. The van der Waals surface area contributed by atoms with Crippen molar-refractivity contribution in [1.29, 1.82) is 0 Å². The molecule has 0 aliphatic carbocycles. The van der Waals surface area contributed by atoms with E-state index in [9.17, 15) is 19.2 Å². The average molecular weight is 468 g/mol. The van der Waals surface area contributed by atoms with Gasteiger partial charge in [0.1, 0.15) is 18.6 Å². The van der Waals surface area contributed by atoms with E-state index >= 15 is 0 Å². The Labute approximate surface area is 189 Å². The van der Waals surface area contributed by atoms with Crippen molar-refractivity contribution in [1.82, 2.24) is 20.9 Å². The first kappa shape index (κ1) is 24.6. The predicted octanol–water partition coefficient (Wildman–Crippen LogP) is -0.932. The minimum absolute atomic E-state index is 0.0684. The van der Waals surface area contributed by atoms with Gasteiger partial charge in [0, 0.05) is 35.0 Å². The average Bonchev–Trinajstić information content (AvgIpc) is 3.17. The summed E-state index contributed by atoms with van der Waals surface area (Å²) in [5, 5.41) is 16.9. The molecule has 168 valence electrons. The van der Waals surface area contributed by atoms with Crippen molar-refractivity contribution < 1.29 is 24.3 Å². The standard InChI is InChI=1S/C19H25N5O5S2/c20-12(8-30)17(27)23-14(5-10-6-21-13-4-2-1-3-11(10)13)19(29)24-15(9-31)18(28)22-7-16(25)26/h1-4,6,12,14-15,21,30-31H,5,7-9,20H2,(H,22,28)(H,23,27)(H,24,29)(H,25,26). The van der Waals surface area contributed by atoms with Gasteiger partial charge < -0.3 is 31.8 Å². The summed E-state index contributed by atoms with van der Waals surface area (Å²) in [6, 6.07) is 4.45. The van der Waals surface area contributed by atoms with Crippen LogP contribution in [0.1, 0.15) is 5.56 Å². The lowest BCUT2D eigenvalue weighted by Crippen LogP contribution is -2.57. The van der Waals surface area contributed by atoms with Crippen LogP contribution in [0.15, 0.2) is 30.5 Å². The molecular weight excluding hydrogens is 442 g/mol. The van der Waals surface area contributed by atoms with Gasteiger partial charge in [0.25, 0.3) is 0 Å². The van der Waals surface area contributed by atoms with Gasteiger partial charge in [-0.05, 0) is 11.6 Å². The Balaban J connectivity index is 2.20. The maximum Gasteiger partial charge on any atom is 0.322 e. The molecule has 1 aromatic carbocycles. The number of nitrogens with one attached hydrogen (secondary N) is 4. The predicted molar refractivity (Wildman–Crippen MR) is 122 cm³/mol. The summed E-state index contributed by atoms with van der Waals surface area (Å²) in [5.74, 6) is -3.09. The number of thiol groups is 2. The summed E-state index contributed by atoms with van der Waals surface area (Å²) in [7, 11) is 0. The van der Waals surface area contributed by atoms with Crippen molar-refractivity contribution >= 4 is 59.9 Å². The number of H-pyrrole nitrogens is 1. The maximum atomic E-state index is 12.9. The van der Waals surface area contributed by atoms with Crippen LogP contribution in [0.5, 0.6) is 0 Å². The Bertz CT molecular complexity index is 951. The molecule has 1 heterocycles. The van der Waals surface area contributed by atoms with Gasteiger partial charge in [0.2, 0.25) is 17.7 Å². The number of fused-ring (bicyclic) bond motifs is 1. The fraction of sp³-hybridized carbons (Fsp3) is 0.368. The van der Waals surface area contributed by atoms with E-state index in [0.29, 0.717) is 0 Å². The van der Waals surface area contributed by atoms with E-state index in [-0.39, 0.29) is 17.9 Å². The van der Waals surface area contributed by atoms with Crippen molar-refractivity contribution in [2.24, 2.45) is 5.73 Å². The molecule has 0 aliphatic rings. The molecule has 2 rings (SSSR count). The number of amides is 3. The van der Waals surface area contributed by atoms with Crippen LogP contribution in [0.2, 0.25) is 0 Å². The van der Waals surface area contributed by atoms with Crippen molar-refractivity contribution in [3.05, 3.63) is 36.0 Å². The normalized spacial score (nSPS) is 13.8. The number of carboxylic acids is 1. The van der Waals surface area contributed by atoms with Crippen LogP contribution in [0.25, 0.3) is 10.9 Å². The first-order chi connectivity index (χ1) is 14.8. The number of hydrogen-bond acceptors (Lipinski definition) is 7. The van der Waals surface area contributed by atoms with E-state index in [1.165, 1.54) is 0 Å². The van der Waals surface area contributed by atoms with Crippen LogP contribution in [0.4, 0.5) is 0 Å². The maximum absolute atomic E-state index is 12.9. The zero-order chi connectivity index (χ0) is 23.0. The second-order valence-corrected chi connectivity index (χ2v) is 7.50. The SMILES string of the molecule is NC(CS)C(=O)NC(Cc1c[nH]c2ccccc12)C(=O)NC(CS)C(=O)NCC(=O)O. The molecule has 1 aromatic heterocycles. The number of aromatic nitrogens is 1. The number of carboxylic acid groups (broad SMARTS) is 1. The van der Waals surface area contributed by atoms with Gasteiger partial charge in [-0.2, -0.15) is 25.3 Å². The number of aliphatic carboxylic acids is 1. The summed E-state index contributed by atoms with van der Waals surface area (Å²) in [5.41, 5.74) is 7.37. The summed E-state index contributed by atoms with van der Waals surface area (Å²) in [6.45, 7) is -0.592. The fourth-order valence-corrected chi connectivity index (χ4v) is 3.27. The first-order valence-corrected chi connectivity index (χ1v) is 10.7. The monoisotopic (exact) mass is 467 g/mol. The van der Waals surface area contributed by atoms with Crippen LogP contribution in [-0.4, -0.2) is 70.0 Å². The van der Waals surface area contributed by atoms with E-state index in [0.717, 1.165) is 16.5 Å². The molecule has 3 atom stereocenters. The topological polar surface area (TPSA) is 166 Å². The van der Waals surface area contributed by atoms with Crippen molar-refractivity contribution in [3.8, 4) is 0 Å². The summed E-state index contributed by atoms with van der Waals surface area (Å²) >= 11 is 8.05. The smallest absolute Gasteiger partial charge is 0.322 e. The summed E-state index contributed by atoms with van der Waals surface area (Å²) in [4.78, 5) is 51.2. The van der Waals surface area contributed by atoms with Gasteiger partial charge >= 0.3 is 5.97 Å². The molecule has 0 radical (unpaired) electrons. The largest absolute Gasteiger partial charge is 0.480 e. The molecule has 7 N–H and O–H groups in total. The Hall–Kier alpha value is -2.70. The molecule has 0 aliphatic heterocycles. The highest BCUT2D eigenvalue weighted by Crippen LogP contribution is 2.19. The van der Waals surface area contributed by atoms with Gasteiger partial charge in [0.05, 0.1) is 6.04 Å². The molecule has 0 fully saturated rings. The Kier molecular flexibility index (Phi) is 9.21. The molecular formula is C19H25N5O5S2. The highest BCUT2D eigenvalue weighted by Gasteiger charge is 2.28. The summed E-state index contributed by atoms with van der Waals surface area (Å²) < 4.78 is 0. The van der Waals surface area contributed by atoms with Crippen molar-refractivity contribution in [2.75, 3.05) is 18.1 Å².